The van der Waals surface area contributed by atoms with Crippen LogP contribution in [0.15, 0.2) is 48.8 Å². The molecule has 0 aliphatic rings. The number of aryl methyl sites for hydroxylation is 2. The van der Waals surface area contributed by atoms with E-state index in [0.29, 0.717) is 29.8 Å². The molecule has 0 bridgehead atoms. The average Bonchev–Trinajstić information content (AvgIpc) is 2.68. The first kappa shape index (κ1) is 19.5. The van der Waals surface area contributed by atoms with Gasteiger partial charge in [-0.05, 0) is 42.5 Å². The minimum absolute atomic E-state index is 0.244. The summed E-state index contributed by atoms with van der Waals surface area (Å²) in [5, 5.41) is 6.27. The second-order valence-corrected chi connectivity index (χ2v) is 7.05. The van der Waals surface area contributed by atoms with Gasteiger partial charge in [0.05, 0.1) is 0 Å². The molecule has 0 spiro atoms. The lowest BCUT2D eigenvalue weighted by atomic mass is 9.98. The van der Waals surface area contributed by atoms with Crippen LogP contribution in [0.5, 0.6) is 0 Å². The lowest BCUT2D eigenvalue weighted by Crippen LogP contribution is -2.24. The van der Waals surface area contributed by atoms with Gasteiger partial charge in [-0.25, -0.2) is 9.97 Å². The number of para-hydroxylation sites is 1. The second kappa shape index (κ2) is 8.61. The Morgan fingerprint density at radius 1 is 1.11 bits per heavy atom. The van der Waals surface area contributed by atoms with Gasteiger partial charge in [-0.2, -0.15) is 0 Å². The lowest BCUT2D eigenvalue weighted by Gasteiger charge is -2.17. The first-order valence-electron chi connectivity index (χ1n) is 9.33. The van der Waals surface area contributed by atoms with Gasteiger partial charge in [-0.15, -0.1) is 0 Å². The van der Waals surface area contributed by atoms with Crippen molar-refractivity contribution in [1.82, 2.24) is 20.3 Å². The number of carbonyl (C=O) groups is 1. The SMILES string of the molecule is Cc1nc(Nc2c(C)cccc2C(C)C)cc(C(=O)NCc2cccnc2)n1. The largest absolute Gasteiger partial charge is 0.347 e. The molecule has 1 aromatic carbocycles. The topological polar surface area (TPSA) is 79.8 Å². The maximum Gasteiger partial charge on any atom is 0.270 e. The van der Waals surface area contributed by atoms with Crippen LogP contribution in [0.25, 0.3) is 0 Å². The minimum atomic E-state index is -0.244. The third-order valence-corrected chi connectivity index (χ3v) is 4.43. The number of benzene rings is 1. The van der Waals surface area contributed by atoms with E-state index in [1.807, 2.05) is 12.1 Å². The van der Waals surface area contributed by atoms with E-state index in [0.717, 1.165) is 16.8 Å². The second-order valence-electron chi connectivity index (χ2n) is 7.05. The lowest BCUT2D eigenvalue weighted by molar-refractivity contribution is 0.0945. The van der Waals surface area contributed by atoms with E-state index >= 15 is 0 Å². The summed E-state index contributed by atoms with van der Waals surface area (Å²) in [6.45, 7) is 8.55. The fourth-order valence-electron chi connectivity index (χ4n) is 2.99. The number of nitrogens with zero attached hydrogens (tertiary/aromatic N) is 3. The average molecular weight is 375 g/mol. The van der Waals surface area contributed by atoms with Crippen molar-refractivity contribution in [3.8, 4) is 0 Å². The molecular formula is C22H25N5O. The Morgan fingerprint density at radius 2 is 1.93 bits per heavy atom. The highest BCUT2D eigenvalue weighted by Crippen LogP contribution is 2.29. The molecule has 2 N–H and O–H groups in total. The molecule has 0 saturated carbocycles. The van der Waals surface area contributed by atoms with E-state index in [9.17, 15) is 4.79 Å². The number of amides is 1. The van der Waals surface area contributed by atoms with Gasteiger partial charge in [0.25, 0.3) is 5.91 Å². The van der Waals surface area contributed by atoms with Gasteiger partial charge in [0.2, 0.25) is 0 Å². The molecule has 0 radical (unpaired) electrons. The Morgan fingerprint density at radius 3 is 2.64 bits per heavy atom. The van der Waals surface area contributed by atoms with E-state index < -0.39 is 0 Å². The number of aromatic nitrogens is 3. The van der Waals surface area contributed by atoms with Crippen LogP contribution < -0.4 is 10.6 Å². The Kier molecular flexibility index (Phi) is 5.99. The maximum absolute atomic E-state index is 12.6. The summed E-state index contributed by atoms with van der Waals surface area (Å²) in [5.74, 6) is 1.27. The molecule has 6 heteroatoms. The molecule has 0 aliphatic heterocycles. The van der Waals surface area contributed by atoms with Crippen LogP contribution in [-0.4, -0.2) is 20.9 Å². The summed E-state index contributed by atoms with van der Waals surface area (Å²) in [7, 11) is 0. The van der Waals surface area contributed by atoms with Crippen LogP contribution in [-0.2, 0) is 6.54 Å². The number of rotatable bonds is 6. The Hall–Kier alpha value is -3.28. The fraction of sp³-hybridized carbons (Fsp3) is 0.273. The number of pyridine rings is 1. The summed E-state index contributed by atoms with van der Waals surface area (Å²) in [5.41, 5.74) is 4.63. The van der Waals surface area contributed by atoms with Gasteiger partial charge >= 0.3 is 0 Å². The van der Waals surface area contributed by atoms with E-state index in [1.165, 1.54) is 5.56 Å². The zero-order valence-corrected chi connectivity index (χ0v) is 16.7. The zero-order chi connectivity index (χ0) is 20.1. The predicted molar refractivity (Wildman–Crippen MR) is 111 cm³/mol. The molecule has 0 atom stereocenters. The van der Waals surface area contributed by atoms with Crippen LogP contribution in [0.4, 0.5) is 11.5 Å². The van der Waals surface area contributed by atoms with Crippen molar-refractivity contribution in [3.63, 3.8) is 0 Å². The molecule has 3 aromatic rings. The molecule has 0 saturated heterocycles. The summed E-state index contributed by atoms with van der Waals surface area (Å²) >= 11 is 0. The van der Waals surface area contributed by atoms with Gasteiger partial charge in [-0.1, -0.05) is 38.1 Å². The van der Waals surface area contributed by atoms with Crippen molar-refractivity contribution in [2.24, 2.45) is 0 Å². The fourth-order valence-corrected chi connectivity index (χ4v) is 2.99. The minimum Gasteiger partial charge on any atom is -0.347 e. The number of hydrogen-bond acceptors (Lipinski definition) is 5. The van der Waals surface area contributed by atoms with Gasteiger partial charge in [0.1, 0.15) is 17.3 Å². The van der Waals surface area contributed by atoms with Crippen molar-refractivity contribution in [2.45, 2.75) is 40.2 Å². The van der Waals surface area contributed by atoms with Gasteiger partial charge in [-0.3, -0.25) is 9.78 Å². The van der Waals surface area contributed by atoms with E-state index in [2.05, 4.69) is 64.6 Å². The smallest absolute Gasteiger partial charge is 0.270 e. The molecule has 2 heterocycles. The molecule has 28 heavy (non-hydrogen) atoms. The summed E-state index contributed by atoms with van der Waals surface area (Å²) < 4.78 is 0. The molecule has 0 unspecified atom stereocenters. The molecule has 2 aromatic heterocycles. The Balaban J connectivity index is 1.81. The Labute approximate surface area is 165 Å². The molecule has 3 rings (SSSR count). The molecule has 1 amide bonds. The van der Waals surface area contributed by atoms with Gasteiger partial charge in [0, 0.05) is 30.7 Å². The van der Waals surface area contributed by atoms with Crippen LogP contribution in [0.2, 0.25) is 0 Å². The van der Waals surface area contributed by atoms with Gasteiger partial charge < -0.3 is 10.6 Å². The standard InChI is InChI=1S/C22H25N5O/c1-14(2)18-9-5-7-15(3)21(18)27-20-11-19(25-16(4)26-20)22(28)24-13-17-8-6-10-23-12-17/h5-12,14H,13H2,1-4H3,(H,24,28)(H,25,26,27). The molecule has 0 aliphatic carbocycles. The molecule has 6 nitrogen and oxygen atoms in total. The molecule has 144 valence electrons. The van der Waals surface area contributed by atoms with Crippen LogP contribution in [0.3, 0.4) is 0 Å². The Bertz CT molecular complexity index is 970. The maximum atomic E-state index is 12.6. The van der Waals surface area contributed by atoms with E-state index in [4.69, 9.17) is 0 Å². The van der Waals surface area contributed by atoms with E-state index in [1.54, 1.807) is 25.4 Å². The van der Waals surface area contributed by atoms with Crippen molar-refractivity contribution in [3.05, 3.63) is 77.0 Å². The first-order valence-corrected chi connectivity index (χ1v) is 9.33. The number of nitrogens with one attached hydrogen (secondary N) is 2. The summed E-state index contributed by atoms with van der Waals surface area (Å²) in [6, 6.07) is 11.7. The third-order valence-electron chi connectivity index (χ3n) is 4.43. The van der Waals surface area contributed by atoms with Crippen LogP contribution in [0.1, 0.15) is 52.8 Å². The van der Waals surface area contributed by atoms with Crippen molar-refractivity contribution in [2.75, 3.05) is 5.32 Å². The van der Waals surface area contributed by atoms with Crippen molar-refractivity contribution >= 4 is 17.4 Å². The van der Waals surface area contributed by atoms with Crippen LogP contribution >= 0.6 is 0 Å². The third kappa shape index (κ3) is 4.71. The van der Waals surface area contributed by atoms with Gasteiger partial charge in [0.15, 0.2) is 0 Å². The summed E-state index contributed by atoms with van der Waals surface area (Å²) in [4.78, 5) is 25.4. The quantitative estimate of drug-likeness (QED) is 0.672. The highest BCUT2D eigenvalue weighted by molar-refractivity contribution is 5.93. The first-order chi connectivity index (χ1) is 13.4. The van der Waals surface area contributed by atoms with Crippen LogP contribution in [0, 0.1) is 13.8 Å². The molecule has 0 fully saturated rings. The van der Waals surface area contributed by atoms with Crippen molar-refractivity contribution in [1.29, 1.82) is 0 Å². The predicted octanol–water partition coefficient (Wildman–Crippen LogP) is 4.29. The monoisotopic (exact) mass is 375 g/mol. The summed E-state index contributed by atoms with van der Waals surface area (Å²) in [6.07, 6.45) is 3.43. The number of hydrogen-bond donors (Lipinski definition) is 2. The molecular weight excluding hydrogens is 350 g/mol. The number of anilines is 2. The van der Waals surface area contributed by atoms with Crippen molar-refractivity contribution < 1.29 is 4.79 Å². The number of carbonyl (C=O) groups excluding carboxylic acids is 1. The zero-order valence-electron chi connectivity index (χ0n) is 16.7. The highest BCUT2D eigenvalue weighted by Gasteiger charge is 2.14. The normalized spacial score (nSPS) is 10.8. The highest BCUT2D eigenvalue weighted by atomic mass is 16.1. The van der Waals surface area contributed by atoms with E-state index in [-0.39, 0.29) is 5.91 Å².